The van der Waals surface area contributed by atoms with Crippen molar-refractivity contribution in [2.75, 3.05) is 31.1 Å². The molecule has 0 saturated carbocycles. The third-order valence-corrected chi connectivity index (χ3v) is 4.40. The minimum absolute atomic E-state index is 0.0666. The Morgan fingerprint density at radius 3 is 2.44 bits per heavy atom. The van der Waals surface area contributed by atoms with Gasteiger partial charge in [0.2, 0.25) is 5.62 Å². The Kier molecular flexibility index (Phi) is 5.14. The molecular weight excluding hydrogens is 316 g/mol. The number of aromatic amines is 2. The lowest BCUT2D eigenvalue weighted by molar-refractivity contribution is 0.589. The van der Waals surface area contributed by atoms with Crippen LogP contribution in [0.3, 0.4) is 0 Å². The van der Waals surface area contributed by atoms with Crippen LogP contribution in [0.15, 0.2) is 34.1 Å². The first-order valence-electron chi connectivity index (χ1n) is 8.55. The molecule has 0 unspecified atom stereocenters. The zero-order valence-electron chi connectivity index (χ0n) is 14.6. The Morgan fingerprint density at radius 2 is 1.84 bits per heavy atom. The van der Waals surface area contributed by atoms with Gasteiger partial charge in [0.05, 0.1) is 5.69 Å². The highest BCUT2D eigenvalue weighted by Crippen LogP contribution is 2.26. The summed E-state index contributed by atoms with van der Waals surface area (Å²) in [6.45, 7) is 7.96. The van der Waals surface area contributed by atoms with Gasteiger partial charge in [0, 0.05) is 37.4 Å². The number of hydrogen-bond donors (Lipinski definition) is 4. The lowest BCUT2D eigenvalue weighted by Crippen LogP contribution is -2.43. The van der Waals surface area contributed by atoms with Crippen LogP contribution in [0.5, 0.6) is 0 Å². The Bertz CT molecular complexity index is 856. The molecule has 7 nitrogen and oxygen atoms in total. The molecule has 25 heavy (non-hydrogen) atoms. The molecule has 0 spiro atoms. The Morgan fingerprint density at radius 1 is 1.16 bits per heavy atom. The van der Waals surface area contributed by atoms with Gasteiger partial charge in [0.25, 0.3) is 5.56 Å². The van der Waals surface area contributed by atoms with Crippen molar-refractivity contribution in [3.63, 3.8) is 0 Å². The SMILES string of the molecule is CC(C)c1c(-c2ccc(N3CCNCC3)cc2)[nH]/c(=N/C=N)[nH]c1=O. The van der Waals surface area contributed by atoms with E-state index in [0.717, 1.165) is 43.8 Å². The molecule has 0 bridgehead atoms. The Hall–Kier alpha value is -2.67. The van der Waals surface area contributed by atoms with Gasteiger partial charge in [-0.05, 0) is 23.6 Å². The van der Waals surface area contributed by atoms with E-state index >= 15 is 0 Å². The van der Waals surface area contributed by atoms with Crippen LogP contribution in [0.1, 0.15) is 25.3 Å². The van der Waals surface area contributed by atoms with Crippen LogP contribution < -0.4 is 21.4 Å². The highest BCUT2D eigenvalue weighted by atomic mass is 16.1. The lowest BCUT2D eigenvalue weighted by atomic mass is 9.98. The molecule has 1 saturated heterocycles. The molecule has 1 aromatic heterocycles. The summed E-state index contributed by atoms with van der Waals surface area (Å²) in [5.41, 5.74) is 3.69. The number of nitrogens with zero attached hydrogens (tertiary/aromatic N) is 2. The topological polar surface area (TPSA) is 100 Å². The molecule has 1 aliphatic heterocycles. The molecule has 3 rings (SSSR count). The smallest absolute Gasteiger partial charge is 0.256 e. The standard InChI is InChI=1S/C18H24N6O/c1-12(2)15-16(22-18(21-11-19)23-17(15)25)13-3-5-14(6-4-13)24-9-7-20-8-10-24/h3-6,11-12,20H,7-10H2,1-2H3,(H3,19,21,22,23,25). The van der Waals surface area contributed by atoms with Crippen molar-refractivity contribution in [3.8, 4) is 11.3 Å². The van der Waals surface area contributed by atoms with Gasteiger partial charge in [-0.1, -0.05) is 26.0 Å². The van der Waals surface area contributed by atoms with Crippen LogP contribution >= 0.6 is 0 Å². The largest absolute Gasteiger partial charge is 0.369 e. The first-order chi connectivity index (χ1) is 12.1. The number of piperazine rings is 1. The fourth-order valence-corrected chi connectivity index (χ4v) is 3.17. The molecule has 132 valence electrons. The Labute approximate surface area is 146 Å². The van der Waals surface area contributed by atoms with Gasteiger partial charge >= 0.3 is 0 Å². The van der Waals surface area contributed by atoms with Crippen molar-refractivity contribution in [3.05, 3.63) is 45.8 Å². The highest BCUT2D eigenvalue weighted by molar-refractivity contribution is 5.66. The number of rotatable bonds is 4. The van der Waals surface area contributed by atoms with Crippen LogP contribution in [0.25, 0.3) is 11.3 Å². The number of hydrogen-bond acceptors (Lipinski definition) is 4. The summed E-state index contributed by atoms with van der Waals surface area (Å²) < 4.78 is 0. The predicted octanol–water partition coefficient (Wildman–Crippen LogP) is 1.41. The summed E-state index contributed by atoms with van der Waals surface area (Å²) in [6.07, 6.45) is 0.911. The second-order valence-corrected chi connectivity index (χ2v) is 6.41. The van der Waals surface area contributed by atoms with E-state index in [1.807, 2.05) is 26.0 Å². The van der Waals surface area contributed by atoms with Gasteiger partial charge in [0.1, 0.15) is 6.34 Å². The number of aromatic nitrogens is 2. The zero-order chi connectivity index (χ0) is 17.8. The van der Waals surface area contributed by atoms with Crippen LogP contribution in [-0.4, -0.2) is 42.5 Å². The van der Waals surface area contributed by atoms with Gasteiger partial charge in [-0.25, -0.2) is 4.99 Å². The van der Waals surface area contributed by atoms with Crippen molar-refractivity contribution in [1.82, 2.24) is 15.3 Å². The summed E-state index contributed by atoms with van der Waals surface area (Å²) in [4.78, 5) is 24.5. The predicted molar refractivity (Wildman–Crippen MR) is 100 cm³/mol. The maximum atomic E-state index is 12.4. The maximum absolute atomic E-state index is 12.4. The van der Waals surface area contributed by atoms with E-state index in [2.05, 4.69) is 37.3 Å². The summed E-state index contributed by atoms with van der Waals surface area (Å²) >= 11 is 0. The summed E-state index contributed by atoms with van der Waals surface area (Å²) in [5, 5.41) is 10.5. The van der Waals surface area contributed by atoms with Crippen molar-refractivity contribution < 1.29 is 0 Å². The fraction of sp³-hybridized carbons (Fsp3) is 0.389. The van der Waals surface area contributed by atoms with Crippen LogP contribution in [0.4, 0.5) is 5.69 Å². The average molecular weight is 340 g/mol. The zero-order valence-corrected chi connectivity index (χ0v) is 14.6. The molecule has 0 radical (unpaired) electrons. The number of H-pyrrole nitrogens is 2. The van der Waals surface area contributed by atoms with Crippen molar-refractivity contribution in [2.45, 2.75) is 19.8 Å². The molecule has 1 aromatic carbocycles. The Balaban J connectivity index is 2.04. The molecular formula is C18H24N6O. The quantitative estimate of drug-likeness (QED) is 0.500. The molecule has 0 amide bonds. The van der Waals surface area contributed by atoms with Crippen molar-refractivity contribution in [1.29, 1.82) is 5.41 Å². The van der Waals surface area contributed by atoms with E-state index in [4.69, 9.17) is 5.41 Å². The van der Waals surface area contributed by atoms with E-state index in [0.29, 0.717) is 5.56 Å². The van der Waals surface area contributed by atoms with Crippen molar-refractivity contribution in [2.24, 2.45) is 4.99 Å². The lowest BCUT2D eigenvalue weighted by Gasteiger charge is -2.29. The van der Waals surface area contributed by atoms with Gasteiger partial charge in [-0.3, -0.25) is 15.2 Å². The monoisotopic (exact) mass is 340 g/mol. The second kappa shape index (κ2) is 7.48. The number of anilines is 1. The normalized spacial score (nSPS) is 15.6. The van der Waals surface area contributed by atoms with E-state index in [-0.39, 0.29) is 17.1 Å². The van der Waals surface area contributed by atoms with Crippen LogP contribution in [-0.2, 0) is 0 Å². The second-order valence-electron chi connectivity index (χ2n) is 6.41. The summed E-state index contributed by atoms with van der Waals surface area (Å²) in [5.74, 6) is 0.0666. The van der Waals surface area contributed by atoms with Crippen LogP contribution in [0, 0.1) is 5.41 Å². The average Bonchev–Trinajstić information content (AvgIpc) is 2.62. The first-order valence-corrected chi connectivity index (χ1v) is 8.55. The van der Waals surface area contributed by atoms with Gasteiger partial charge in [0.15, 0.2) is 0 Å². The molecule has 0 aliphatic carbocycles. The minimum atomic E-state index is -0.171. The van der Waals surface area contributed by atoms with Crippen LogP contribution in [0.2, 0.25) is 0 Å². The molecule has 4 N–H and O–H groups in total. The third kappa shape index (κ3) is 3.71. The minimum Gasteiger partial charge on any atom is -0.369 e. The van der Waals surface area contributed by atoms with Gasteiger partial charge in [-0.15, -0.1) is 0 Å². The van der Waals surface area contributed by atoms with E-state index in [1.54, 1.807) is 0 Å². The third-order valence-electron chi connectivity index (χ3n) is 4.40. The van der Waals surface area contributed by atoms with E-state index in [1.165, 1.54) is 5.69 Å². The van der Waals surface area contributed by atoms with E-state index in [9.17, 15) is 4.79 Å². The molecule has 1 aliphatic rings. The number of nitrogens with one attached hydrogen (secondary N) is 4. The molecule has 2 heterocycles. The van der Waals surface area contributed by atoms with Gasteiger partial charge < -0.3 is 15.2 Å². The molecule has 7 heteroatoms. The highest BCUT2D eigenvalue weighted by Gasteiger charge is 2.15. The van der Waals surface area contributed by atoms with E-state index < -0.39 is 0 Å². The number of benzene rings is 1. The summed E-state index contributed by atoms with van der Waals surface area (Å²) in [6, 6.07) is 8.24. The first kappa shape index (κ1) is 17.2. The molecule has 1 fully saturated rings. The fourth-order valence-electron chi connectivity index (χ4n) is 3.17. The molecule has 2 aromatic rings. The summed E-state index contributed by atoms with van der Waals surface area (Å²) in [7, 11) is 0. The van der Waals surface area contributed by atoms with Gasteiger partial charge in [-0.2, -0.15) is 0 Å². The maximum Gasteiger partial charge on any atom is 0.256 e. The molecule has 0 atom stereocenters. The van der Waals surface area contributed by atoms with Crippen molar-refractivity contribution >= 4 is 12.0 Å².